The molecule has 0 bridgehead atoms. The Morgan fingerprint density at radius 3 is 2.60 bits per heavy atom. The zero-order valence-corrected chi connectivity index (χ0v) is 7.78. The third kappa shape index (κ3) is 1.96. The summed E-state index contributed by atoms with van der Waals surface area (Å²) in [6, 6.07) is 6.52. The van der Waals surface area contributed by atoms with Crippen LogP contribution in [-0.4, -0.2) is 11.9 Å². The van der Waals surface area contributed by atoms with E-state index in [1.165, 1.54) is 0 Å². The Labute approximate surface area is 86.0 Å². The second-order valence-electron chi connectivity index (χ2n) is 3.14. The minimum absolute atomic E-state index is 0.227. The number of urea groups is 1. The maximum absolute atomic E-state index is 11.2. The molecule has 1 aliphatic rings. The number of imide groups is 1. The zero-order valence-electron chi connectivity index (χ0n) is 7.78. The number of carbonyl (C=O) groups excluding carboxylic acids is 2. The fraction of sp³-hybridized carbons (Fsp3) is 0. The number of nitrogens with two attached hydrogens (primary N) is 1. The van der Waals surface area contributed by atoms with Gasteiger partial charge < -0.3 is 11.1 Å². The van der Waals surface area contributed by atoms with Gasteiger partial charge in [0.1, 0.15) is 5.70 Å². The van der Waals surface area contributed by atoms with Crippen molar-refractivity contribution in [3.05, 3.63) is 35.5 Å². The van der Waals surface area contributed by atoms with E-state index < -0.39 is 11.9 Å². The Balaban J connectivity index is 2.31. The summed E-state index contributed by atoms with van der Waals surface area (Å²) in [5.41, 5.74) is 7.18. The number of hydrogen-bond acceptors (Lipinski definition) is 3. The summed E-state index contributed by atoms with van der Waals surface area (Å²) in [6.07, 6.45) is 1.57. The largest absolute Gasteiger partial charge is 0.399 e. The lowest BCUT2D eigenvalue weighted by Gasteiger charge is -1.97. The third-order valence-electron chi connectivity index (χ3n) is 1.94. The number of anilines is 1. The van der Waals surface area contributed by atoms with Crippen molar-refractivity contribution in [1.82, 2.24) is 10.6 Å². The normalized spacial score (nSPS) is 17.7. The molecule has 2 rings (SSSR count). The van der Waals surface area contributed by atoms with E-state index in [4.69, 9.17) is 5.73 Å². The zero-order chi connectivity index (χ0) is 10.8. The quantitative estimate of drug-likeness (QED) is 0.352. The molecule has 1 aromatic rings. The standard InChI is InChI=1S/C10H9N3O2/c11-7-3-1-2-6(4-7)5-8-9(14)13-10(15)12-8/h1-5H,11H2,(H2,12,13,14,15)/b8-5-. The Morgan fingerprint density at radius 2 is 2.00 bits per heavy atom. The molecule has 1 aliphatic heterocycles. The lowest BCUT2D eigenvalue weighted by Crippen LogP contribution is -2.22. The van der Waals surface area contributed by atoms with Gasteiger partial charge in [0.25, 0.3) is 5.91 Å². The topological polar surface area (TPSA) is 84.2 Å². The summed E-state index contributed by atoms with van der Waals surface area (Å²) in [6.45, 7) is 0. The summed E-state index contributed by atoms with van der Waals surface area (Å²) in [5.74, 6) is -0.428. The van der Waals surface area contributed by atoms with E-state index in [1.807, 2.05) is 0 Å². The molecule has 1 saturated heterocycles. The van der Waals surface area contributed by atoms with E-state index >= 15 is 0 Å². The fourth-order valence-electron chi connectivity index (χ4n) is 1.30. The first-order valence-corrected chi connectivity index (χ1v) is 4.35. The van der Waals surface area contributed by atoms with Crippen LogP contribution in [0.15, 0.2) is 30.0 Å². The summed E-state index contributed by atoms with van der Waals surface area (Å²) in [5, 5.41) is 4.51. The Hall–Kier alpha value is -2.30. The second-order valence-corrected chi connectivity index (χ2v) is 3.14. The molecule has 0 aliphatic carbocycles. The van der Waals surface area contributed by atoms with Crippen molar-refractivity contribution in [3.8, 4) is 0 Å². The average Bonchev–Trinajstić information content (AvgIpc) is 2.45. The van der Waals surface area contributed by atoms with Crippen LogP contribution >= 0.6 is 0 Å². The van der Waals surface area contributed by atoms with Crippen LogP contribution in [0.25, 0.3) is 6.08 Å². The van der Waals surface area contributed by atoms with Gasteiger partial charge in [0.2, 0.25) is 0 Å². The van der Waals surface area contributed by atoms with Crippen molar-refractivity contribution in [1.29, 1.82) is 0 Å². The Kier molecular flexibility index (Phi) is 2.13. The maximum atomic E-state index is 11.2. The van der Waals surface area contributed by atoms with Gasteiger partial charge in [-0.15, -0.1) is 0 Å². The number of benzene rings is 1. The molecule has 15 heavy (non-hydrogen) atoms. The van der Waals surface area contributed by atoms with E-state index in [-0.39, 0.29) is 5.70 Å². The van der Waals surface area contributed by atoms with Crippen LogP contribution in [0.5, 0.6) is 0 Å². The van der Waals surface area contributed by atoms with Crippen LogP contribution in [0.1, 0.15) is 5.56 Å². The molecular weight excluding hydrogens is 194 g/mol. The van der Waals surface area contributed by atoms with Gasteiger partial charge in [-0.05, 0) is 23.8 Å². The highest BCUT2D eigenvalue weighted by Crippen LogP contribution is 2.11. The molecular formula is C10H9N3O2. The van der Waals surface area contributed by atoms with E-state index in [0.717, 1.165) is 5.56 Å². The minimum Gasteiger partial charge on any atom is -0.399 e. The molecule has 0 unspecified atom stereocenters. The molecule has 5 nitrogen and oxygen atoms in total. The van der Waals surface area contributed by atoms with Crippen LogP contribution < -0.4 is 16.4 Å². The first kappa shape index (κ1) is 9.26. The molecule has 4 N–H and O–H groups in total. The van der Waals surface area contributed by atoms with Crippen molar-refractivity contribution in [2.75, 3.05) is 5.73 Å². The SMILES string of the molecule is Nc1cccc(/C=C2\NC(=O)NC2=O)c1. The number of nitrogen functional groups attached to an aromatic ring is 1. The van der Waals surface area contributed by atoms with Gasteiger partial charge >= 0.3 is 6.03 Å². The van der Waals surface area contributed by atoms with Crippen molar-refractivity contribution in [2.45, 2.75) is 0 Å². The van der Waals surface area contributed by atoms with Gasteiger partial charge in [0.05, 0.1) is 0 Å². The molecule has 5 heteroatoms. The van der Waals surface area contributed by atoms with Crippen molar-refractivity contribution in [2.24, 2.45) is 0 Å². The smallest absolute Gasteiger partial charge is 0.326 e. The lowest BCUT2D eigenvalue weighted by molar-refractivity contribution is -0.115. The first-order chi connectivity index (χ1) is 7.15. The summed E-state index contributed by atoms with van der Waals surface area (Å²) in [4.78, 5) is 22.0. The van der Waals surface area contributed by atoms with Crippen molar-refractivity contribution < 1.29 is 9.59 Å². The number of rotatable bonds is 1. The van der Waals surface area contributed by atoms with Crippen LogP contribution in [0.2, 0.25) is 0 Å². The molecule has 0 radical (unpaired) electrons. The summed E-state index contributed by atoms with van der Waals surface area (Å²) in [7, 11) is 0. The predicted molar refractivity (Wildman–Crippen MR) is 55.5 cm³/mol. The number of hydrogen-bond donors (Lipinski definition) is 3. The molecule has 1 aromatic carbocycles. The first-order valence-electron chi connectivity index (χ1n) is 4.35. The van der Waals surface area contributed by atoms with Crippen LogP contribution in [0, 0.1) is 0 Å². The number of carbonyl (C=O) groups is 2. The minimum atomic E-state index is -0.504. The van der Waals surface area contributed by atoms with Gasteiger partial charge in [-0.2, -0.15) is 0 Å². The van der Waals surface area contributed by atoms with Crippen molar-refractivity contribution >= 4 is 23.7 Å². The van der Waals surface area contributed by atoms with Crippen LogP contribution in [0.3, 0.4) is 0 Å². The van der Waals surface area contributed by atoms with Crippen LogP contribution in [0.4, 0.5) is 10.5 Å². The van der Waals surface area contributed by atoms with E-state index in [9.17, 15) is 9.59 Å². The fourth-order valence-corrected chi connectivity index (χ4v) is 1.30. The summed E-state index contributed by atoms with van der Waals surface area (Å²) >= 11 is 0. The molecule has 1 fully saturated rings. The molecule has 0 spiro atoms. The van der Waals surface area contributed by atoms with E-state index in [2.05, 4.69) is 10.6 Å². The Morgan fingerprint density at radius 1 is 1.20 bits per heavy atom. The number of nitrogens with one attached hydrogen (secondary N) is 2. The highest BCUT2D eigenvalue weighted by Gasteiger charge is 2.22. The van der Waals surface area contributed by atoms with Gasteiger partial charge in [-0.25, -0.2) is 4.79 Å². The molecule has 1 heterocycles. The number of amides is 3. The molecule has 0 atom stereocenters. The monoisotopic (exact) mass is 203 g/mol. The van der Waals surface area contributed by atoms with Gasteiger partial charge in [0, 0.05) is 5.69 Å². The molecule has 0 aromatic heterocycles. The van der Waals surface area contributed by atoms with Gasteiger partial charge in [0.15, 0.2) is 0 Å². The van der Waals surface area contributed by atoms with E-state index in [0.29, 0.717) is 5.69 Å². The van der Waals surface area contributed by atoms with E-state index in [1.54, 1.807) is 30.3 Å². The Bertz CT molecular complexity index is 465. The second kappa shape index (κ2) is 3.45. The molecule has 76 valence electrons. The average molecular weight is 203 g/mol. The lowest BCUT2D eigenvalue weighted by atomic mass is 10.1. The molecule has 0 saturated carbocycles. The van der Waals surface area contributed by atoms with Crippen molar-refractivity contribution in [3.63, 3.8) is 0 Å². The highest BCUT2D eigenvalue weighted by atomic mass is 16.2. The maximum Gasteiger partial charge on any atom is 0.326 e. The summed E-state index contributed by atoms with van der Waals surface area (Å²) < 4.78 is 0. The third-order valence-corrected chi connectivity index (χ3v) is 1.94. The highest BCUT2D eigenvalue weighted by molar-refractivity contribution is 6.13. The van der Waals surface area contributed by atoms with Crippen LogP contribution in [-0.2, 0) is 4.79 Å². The van der Waals surface area contributed by atoms with Gasteiger partial charge in [-0.1, -0.05) is 12.1 Å². The van der Waals surface area contributed by atoms with Gasteiger partial charge in [-0.3, -0.25) is 10.1 Å². The molecule has 3 amide bonds. The predicted octanol–water partition coefficient (Wildman–Crippen LogP) is 0.449.